The van der Waals surface area contributed by atoms with Crippen LogP contribution >= 0.6 is 0 Å². The number of aromatic carboxylic acids is 2. The summed E-state index contributed by atoms with van der Waals surface area (Å²) in [6.07, 6.45) is 0.716. The monoisotopic (exact) mass is 641 g/mol. The summed E-state index contributed by atoms with van der Waals surface area (Å²) in [5.41, 5.74) is 0.0436. The maximum Gasteiger partial charge on any atom is 0.339 e. The van der Waals surface area contributed by atoms with Crippen LogP contribution in [0, 0.1) is 11.3 Å². The van der Waals surface area contributed by atoms with Crippen LogP contribution in [-0.4, -0.2) is 83.4 Å². The zero-order valence-electron chi connectivity index (χ0n) is 27.7. The highest BCUT2D eigenvalue weighted by molar-refractivity contribution is 6.04. The minimum Gasteiger partial charge on any atom is -0.478 e. The van der Waals surface area contributed by atoms with Crippen LogP contribution < -0.4 is 0 Å². The number of aliphatic hydroxyl groups excluding tert-OH is 1. The SMILES string of the molecule is CCC(C)c1cccc(C(C)CC(CC(C)(CC)C(=O)OCC(O)COC(=O)c2ccc(C(=O)O)cc2C(=O)O)C(=O)N(C)C)c1. The van der Waals surface area contributed by atoms with Gasteiger partial charge in [-0.25, -0.2) is 14.4 Å². The highest BCUT2D eigenvalue weighted by atomic mass is 16.6. The number of benzene rings is 2. The number of nitrogens with zero attached hydrogens (tertiary/aromatic N) is 1. The van der Waals surface area contributed by atoms with Crippen LogP contribution in [0.4, 0.5) is 0 Å². The summed E-state index contributed by atoms with van der Waals surface area (Å²) >= 11 is 0. The number of carbonyl (C=O) groups is 5. The molecule has 0 saturated carbocycles. The summed E-state index contributed by atoms with van der Waals surface area (Å²) in [7, 11) is 3.37. The standard InChI is InChI=1S/C35H47NO10/c1-8-21(3)23-11-10-12-24(16-23)22(4)15-26(30(38)36(6)7)18-35(5,9-2)34(44)46-20-27(37)19-45-33(43)28-14-13-25(31(39)40)17-29(28)32(41)42/h10-14,16-17,21-22,26-27,37H,8-9,15,18-20H2,1-7H3,(H,39,40)(H,41,42). The van der Waals surface area contributed by atoms with Crippen LogP contribution in [-0.2, 0) is 19.1 Å². The van der Waals surface area contributed by atoms with Crippen molar-refractivity contribution in [3.63, 3.8) is 0 Å². The van der Waals surface area contributed by atoms with Gasteiger partial charge in [-0.2, -0.15) is 0 Å². The van der Waals surface area contributed by atoms with Crippen molar-refractivity contribution in [1.29, 1.82) is 0 Å². The van der Waals surface area contributed by atoms with E-state index < -0.39 is 65.7 Å². The molecule has 3 N–H and O–H groups in total. The Morgan fingerprint density at radius 1 is 0.848 bits per heavy atom. The van der Waals surface area contributed by atoms with Gasteiger partial charge in [0.2, 0.25) is 5.91 Å². The first-order valence-electron chi connectivity index (χ1n) is 15.5. The summed E-state index contributed by atoms with van der Waals surface area (Å²) in [5.74, 6) is -4.70. The van der Waals surface area contributed by atoms with Gasteiger partial charge in [-0.1, -0.05) is 52.0 Å². The zero-order valence-corrected chi connectivity index (χ0v) is 27.7. The van der Waals surface area contributed by atoms with Gasteiger partial charge >= 0.3 is 23.9 Å². The second-order valence-corrected chi connectivity index (χ2v) is 12.4. The van der Waals surface area contributed by atoms with Crippen molar-refractivity contribution in [3.8, 4) is 0 Å². The molecule has 1 amide bonds. The molecular weight excluding hydrogens is 594 g/mol. The first kappa shape index (κ1) is 37.9. The number of rotatable bonds is 17. The van der Waals surface area contributed by atoms with Crippen LogP contribution in [0.15, 0.2) is 42.5 Å². The number of amides is 1. The third kappa shape index (κ3) is 10.1. The highest BCUT2D eigenvalue weighted by Gasteiger charge is 2.39. The molecule has 0 radical (unpaired) electrons. The number of aliphatic hydroxyl groups is 1. The van der Waals surface area contributed by atoms with Crippen LogP contribution in [0.1, 0.15) is 114 Å². The highest BCUT2D eigenvalue weighted by Crippen LogP contribution is 2.37. The molecular formula is C35H47NO10. The maximum atomic E-state index is 13.3. The number of hydrogen-bond donors (Lipinski definition) is 3. The average Bonchev–Trinajstić information content (AvgIpc) is 3.04. The summed E-state index contributed by atoms with van der Waals surface area (Å²) in [6.45, 7) is 8.83. The molecule has 0 aromatic heterocycles. The molecule has 5 atom stereocenters. The van der Waals surface area contributed by atoms with Gasteiger partial charge < -0.3 is 29.7 Å². The van der Waals surface area contributed by atoms with E-state index in [9.17, 15) is 34.2 Å². The molecule has 0 saturated heterocycles. The van der Waals surface area contributed by atoms with E-state index in [1.165, 1.54) is 10.5 Å². The Morgan fingerprint density at radius 2 is 1.46 bits per heavy atom. The molecule has 0 fully saturated rings. The van der Waals surface area contributed by atoms with E-state index in [0.717, 1.165) is 30.2 Å². The zero-order chi connectivity index (χ0) is 34.8. The normalized spacial score (nSPS) is 15.0. The quantitative estimate of drug-likeness (QED) is 0.191. The fourth-order valence-electron chi connectivity index (χ4n) is 5.20. The van der Waals surface area contributed by atoms with Gasteiger partial charge in [0.25, 0.3) is 0 Å². The van der Waals surface area contributed by atoms with Gasteiger partial charge in [-0.15, -0.1) is 0 Å². The summed E-state index contributed by atoms with van der Waals surface area (Å²) in [5, 5.41) is 28.9. The van der Waals surface area contributed by atoms with Gasteiger partial charge in [0.05, 0.1) is 22.1 Å². The summed E-state index contributed by atoms with van der Waals surface area (Å²) < 4.78 is 10.4. The third-order valence-corrected chi connectivity index (χ3v) is 8.59. The number of hydrogen-bond acceptors (Lipinski definition) is 8. The van der Waals surface area contributed by atoms with Gasteiger partial charge in [0, 0.05) is 20.0 Å². The molecule has 0 aliphatic carbocycles. The van der Waals surface area contributed by atoms with E-state index >= 15 is 0 Å². The molecule has 0 heterocycles. The third-order valence-electron chi connectivity index (χ3n) is 8.59. The predicted octanol–water partition coefficient (Wildman–Crippen LogP) is 5.36. The van der Waals surface area contributed by atoms with Crippen LogP contribution in [0.3, 0.4) is 0 Å². The van der Waals surface area contributed by atoms with Crippen molar-refractivity contribution in [1.82, 2.24) is 4.90 Å². The van der Waals surface area contributed by atoms with E-state index in [0.29, 0.717) is 18.8 Å². The molecule has 46 heavy (non-hydrogen) atoms. The molecule has 2 aromatic rings. The lowest BCUT2D eigenvalue weighted by molar-refractivity contribution is -0.160. The Labute approximate surface area is 270 Å². The van der Waals surface area contributed by atoms with E-state index in [1.807, 2.05) is 13.0 Å². The van der Waals surface area contributed by atoms with Crippen molar-refractivity contribution in [2.45, 2.75) is 78.2 Å². The van der Waals surface area contributed by atoms with Gasteiger partial charge in [0.15, 0.2) is 0 Å². The Bertz CT molecular complexity index is 1400. The molecule has 0 spiro atoms. The topological polar surface area (TPSA) is 168 Å². The van der Waals surface area contributed by atoms with Crippen LogP contribution in [0.5, 0.6) is 0 Å². The van der Waals surface area contributed by atoms with E-state index in [-0.39, 0.29) is 23.8 Å². The van der Waals surface area contributed by atoms with Crippen LogP contribution in [0.2, 0.25) is 0 Å². The Hall–Kier alpha value is -4.25. The van der Waals surface area contributed by atoms with Crippen molar-refractivity contribution >= 4 is 29.8 Å². The fourth-order valence-corrected chi connectivity index (χ4v) is 5.20. The smallest absolute Gasteiger partial charge is 0.339 e. The second-order valence-electron chi connectivity index (χ2n) is 12.4. The number of carboxylic acids is 2. The molecule has 11 heteroatoms. The first-order valence-corrected chi connectivity index (χ1v) is 15.5. The summed E-state index contributed by atoms with van der Waals surface area (Å²) in [6, 6.07) is 11.3. The van der Waals surface area contributed by atoms with Gasteiger partial charge in [-0.3, -0.25) is 9.59 Å². The van der Waals surface area contributed by atoms with Crippen molar-refractivity contribution in [2.24, 2.45) is 11.3 Å². The van der Waals surface area contributed by atoms with Crippen molar-refractivity contribution < 1.29 is 48.8 Å². The molecule has 5 unspecified atom stereocenters. The molecule has 11 nitrogen and oxygen atoms in total. The number of carbonyl (C=O) groups excluding carboxylic acids is 3. The van der Waals surface area contributed by atoms with Crippen molar-refractivity contribution in [3.05, 3.63) is 70.3 Å². The Morgan fingerprint density at radius 3 is 2.00 bits per heavy atom. The lowest BCUT2D eigenvalue weighted by atomic mass is 9.75. The number of esters is 2. The van der Waals surface area contributed by atoms with Gasteiger partial charge in [0.1, 0.15) is 19.3 Å². The molecule has 2 aromatic carbocycles. The minimum absolute atomic E-state index is 0.0496. The molecule has 0 aliphatic rings. The lowest BCUT2D eigenvalue weighted by Gasteiger charge is -2.32. The minimum atomic E-state index is -1.52. The average molecular weight is 642 g/mol. The molecule has 252 valence electrons. The second kappa shape index (κ2) is 16.9. The van der Waals surface area contributed by atoms with Gasteiger partial charge in [-0.05, 0) is 73.8 Å². The molecule has 0 bridgehead atoms. The fraction of sp³-hybridized carbons (Fsp3) is 0.514. The van der Waals surface area contributed by atoms with Crippen molar-refractivity contribution in [2.75, 3.05) is 27.3 Å². The molecule has 0 aliphatic heterocycles. The maximum absolute atomic E-state index is 13.3. The first-order chi connectivity index (χ1) is 21.5. The summed E-state index contributed by atoms with van der Waals surface area (Å²) in [4.78, 5) is 63.4. The molecule has 2 rings (SSSR count). The Balaban J connectivity index is 2.08. The van der Waals surface area contributed by atoms with E-state index in [4.69, 9.17) is 14.6 Å². The largest absolute Gasteiger partial charge is 0.478 e. The lowest BCUT2D eigenvalue weighted by Crippen LogP contribution is -2.39. The van der Waals surface area contributed by atoms with E-state index in [2.05, 4.69) is 39.0 Å². The van der Waals surface area contributed by atoms with E-state index in [1.54, 1.807) is 21.0 Å². The Kier molecular flexibility index (Phi) is 13.9. The predicted molar refractivity (Wildman–Crippen MR) is 171 cm³/mol. The number of ether oxygens (including phenoxy) is 2. The van der Waals surface area contributed by atoms with Crippen LogP contribution in [0.25, 0.3) is 0 Å². The number of carboxylic acid groups (broad SMARTS) is 2.